The number of hydrogen-bond donors (Lipinski definition) is 0. The maximum absolute atomic E-state index is 13.4. The molecule has 0 aliphatic heterocycles. The molecule has 0 atom stereocenters. The normalized spacial score (nSPS) is 10.7. The number of carbonyl (C=O) groups is 1. The Hall–Kier alpha value is -3.84. The number of carbonyl (C=O) groups excluding carboxylic acids is 1. The van der Waals surface area contributed by atoms with Crippen LogP contribution < -0.4 is 18.9 Å². The van der Waals surface area contributed by atoms with Gasteiger partial charge in [-0.25, -0.2) is 0 Å². The van der Waals surface area contributed by atoms with Gasteiger partial charge in [0.15, 0.2) is 0 Å². The van der Waals surface area contributed by atoms with E-state index in [0.717, 1.165) is 31.3 Å². The molecule has 0 radical (unpaired) electrons. The third-order valence-corrected chi connectivity index (χ3v) is 9.16. The van der Waals surface area contributed by atoms with E-state index in [4.69, 9.17) is 23.9 Å². The van der Waals surface area contributed by atoms with Crippen molar-refractivity contribution in [1.82, 2.24) is 4.98 Å². The van der Waals surface area contributed by atoms with E-state index in [2.05, 4.69) is 15.9 Å². The molecule has 40 heavy (non-hydrogen) atoms. The molecule has 8 heteroatoms. The molecule has 1 aromatic heterocycles. The zero-order valence-corrected chi connectivity index (χ0v) is 25.4. The van der Waals surface area contributed by atoms with Gasteiger partial charge in [-0.15, -0.1) is 0 Å². The van der Waals surface area contributed by atoms with Crippen molar-refractivity contribution in [2.75, 3.05) is 21.3 Å². The number of ketones is 1. The summed E-state index contributed by atoms with van der Waals surface area (Å²) >= 11 is 3.34. The summed E-state index contributed by atoms with van der Waals surface area (Å²) in [6.07, 6.45) is 0. The summed E-state index contributed by atoms with van der Waals surface area (Å²) in [7, 11) is 4.72. The first-order valence-corrected chi connectivity index (χ1v) is 14.9. The predicted molar refractivity (Wildman–Crippen MR) is 160 cm³/mol. The number of hydrogen-bond acceptors (Lipinski definition) is 6. The Labute approximate surface area is 247 Å². The van der Waals surface area contributed by atoms with E-state index in [-0.39, 0.29) is 20.3 Å². The Morgan fingerprint density at radius 3 is 2.02 bits per heavy atom. The van der Waals surface area contributed by atoms with Gasteiger partial charge < -0.3 is 0 Å². The second kappa shape index (κ2) is 12.6. The molecule has 0 spiro atoms. The van der Waals surface area contributed by atoms with Gasteiger partial charge in [-0.2, -0.15) is 0 Å². The molecule has 0 N–H and O–H groups in total. The molecule has 0 aliphatic carbocycles. The Bertz CT molecular complexity index is 1610. The van der Waals surface area contributed by atoms with E-state index in [1.807, 2.05) is 91.0 Å². The van der Waals surface area contributed by atoms with Crippen LogP contribution in [0, 0.1) is 0 Å². The molecule has 4 aromatic carbocycles. The van der Waals surface area contributed by atoms with Crippen LogP contribution in [0.2, 0.25) is 0 Å². The molecular weight excluding hydrogens is 637 g/mol. The number of benzene rings is 4. The van der Waals surface area contributed by atoms with Crippen molar-refractivity contribution in [3.63, 3.8) is 0 Å². The summed E-state index contributed by atoms with van der Waals surface area (Å²) in [5.41, 5.74) is 4.11. The number of aromatic nitrogens is 1. The molecular formula is C32H26BrNO5Se. The van der Waals surface area contributed by atoms with E-state index in [9.17, 15) is 4.79 Å². The molecule has 5 rings (SSSR count). The molecule has 6 nitrogen and oxygen atoms in total. The average Bonchev–Trinajstić information content (AvgIpc) is 3.46. The van der Waals surface area contributed by atoms with Crippen molar-refractivity contribution in [1.29, 1.82) is 0 Å². The molecule has 202 valence electrons. The molecule has 0 fully saturated rings. The quantitative estimate of drug-likeness (QED) is 0.118. The van der Waals surface area contributed by atoms with Crippen LogP contribution in [0.15, 0.2) is 95.5 Å². The van der Waals surface area contributed by atoms with Crippen molar-refractivity contribution < 1.29 is 23.7 Å². The van der Waals surface area contributed by atoms with Gasteiger partial charge in [-0.05, 0) is 0 Å². The standard InChI is InChI=1S/C32H26BrNO5Se/c1-36-26-17-23(18-27(37-2)30(26)38-3)28-31(40-32(34-28)29(35)21-12-8-5-9-13-21)22-14-15-25(24(33)16-22)39-19-20-10-6-4-7-11-20/h4-18H,19H2,1-3H3. The van der Waals surface area contributed by atoms with Crippen molar-refractivity contribution in [3.8, 4) is 44.3 Å². The first kappa shape index (κ1) is 27.7. The second-order valence-corrected chi connectivity index (χ2v) is 11.7. The molecule has 0 unspecified atom stereocenters. The van der Waals surface area contributed by atoms with Gasteiger partial charge in [0.2, 0.25) is 0 Å². The van der Waals surface area contributed by atoms with E-state index in [1.54, 1.807) is 21.3 Å². The molecule has 5 aromatic rings. The van der Waals surface area contributed by atoms with Gasteiger partial charge in [0.25, 0.3) is 0 Å². The van der Waals surface area contributed by atoms with Crippen LogP contribution in [-0.4, -0.2) is 46.6 Å². The van der Waals surface area contributed by atoms with Crippen LogP contribution in [-0.2, 0) is 6.61 Å². The zero-order valence-electron chi connectivity index (χ0n) is 22.1. The Kier molecular flexibility index (Phi) is 8.70. The van der Waals surface area contributed by atoms with Crippen molar-refractivity contribution in [3.05, 3.63) is 111 Å². The number of rotatable bonds is 10. The van der Waals surface area contributed by atoms with Gasteiger partial charge >= 0.3 is 248 Å². The van der Waals surface area contributed by atoms with Gasteiger partial charge in [-0.1, -0.05) is 0 Å². The third-order valence-electron chi connectivity index (χ3n) is 6.23. The van der Waals surface area contributed by atoms with Gasteiger partial charge in [-0.3, -0.25) is 0 Å². The fraction of sp³-hybridized carbons (Fsp3) is 0.125. The third kappa shape index (κ3) is 5.85. The summed E-state index contributed by atoms with van der Waals surface area (Å²) in [5, 5.41) is 0. The molecule has 0 aliphatic rings. The number of methoxy groups -OCH3 is 3. The van der Waals surface area contributed by atoms with Crippen LogP contribution in [0.4, 0.5) is 0 Å². The van der Waals surface area contributed by atoms with E-state index < -0.39 is 0 Å². The molecule has 0 saturated carbocycles. The maximum atomic E-state index is 13.4. The topological polar surface area (TPSA) is 66.9 Å². The first-order valence-electron chi connectivity index (χ1n) is 12.4. The van der Waals surface area contributed by atoms with Gasteiger partial charge in [0.05, 0.1) is 0 Å². The SMILES string of the molecule is COc1cc(-c2nc(C(=O)c3ccccc3)[se]c2-c2ccc(OCc3ccccc3)c(Br)c2)cc(OC)c1OC. The van der Waals surface area contributed by atoms with Gasteiger partial charge in [0, 0.05) is 0 Å². The average molecular weight is 663 g/mol. The van der Waals surface area contributed by atoms with Crippen LogP contribution >= 0.6 is 15.9 Å². The summed E-state index contributed by atoms with van der Waals surface area (Å²) < 4.78 is 25.1. The van der Waals surface area contributed by atoms with Crippen LogP contribution in [0.25, 0.3) is 21.3 Å². The minimum absolute atomic E-state index is 0.0811. The summed E-state index contributed by atoms with van der Waals surface area (Å²) in [6.45, 7) is 0.459. The number of ether oxygens (including phenoxy) is 4. The summed E-state index contributed by atoms with van der Waals surface area (Å²) in [5.74, 6) is 2.17. The number of nitrogens with zero attached hydrogens (tertiary/aromatic N) is 1. The van der Waals surface area contributed by atoms with Crippen molar-refractivity contribution >= 4 is 36.2 Å². The Morgan fingerprint density at radius 2 is 1.43 bits per heavy atom. The van der Waals surface area contributed by atoms with Crippen LogP contribution in [0.3, 0.4) is 0 Å². The Balaban J connectivity index is 1.59. The van der Waals surface area contributed by atoms with Crippen LogP contribution in [0.5, 0.6) is 23.0 Å². The molecule has 0 saturated heterocycles. The fourth-order valence-corrected chi connectivity index (χ4v) is 6.92. The zero-order chi connectivity index (χ0) is 28.1. The molecule has 1 heterocycles. The van der Waals surface area contributed by atoms with E-state index >= 15 is 0 Å². The minimum atomic E-state index is -0.353. The monoisotopic (exact) mass is 663 g/mol. The summed E-state index contributed by atoms with van der Waals surface area (Å²) in [4.78, 5) is 18.4. The molecule has 0 amide bonds. The summed E-state index contributed by atoms with van der Waals surface area (Å²) in [6, 6.07) is 28.9. The van der Waals surface area contributed by atoms with E-state index in [0.29, 0.717) is 39.7 Å². The second-order valence-electron chi connectivity index (χ2n) is 8.73. The Morgan fingerprint density at radius 1 is 0.775 bits per heavy atom. The van der Waals surface area contributed by atoms with Crippen LogP contribution in [0.1, 0.15) is 20.5 Å². The van der Waals surface area contributed by atoms with Crippen molar-refractivity contribution in [2.24, 2.45) is 0 Å². The fourth-order valence-electron chi connectivity index (χ4n) is 4.23. The first-order chi connectivity index (χ1) is 19.5. The van der Waals surface area contributed by atoms with E-state index in [1.165, 1.54) is 0 Å². The van der Waals surface area contributed by atoms with Crippen molar-refractivity contribution in [2.45, 2.75) is 6.61 Å². The predicted octanol–water partition coefficient (Wildman–Crippen LogP) is 7.07. The number of halogens is 1. The molecule has 0 bridgehead atoms. The van der Waals surface area contributed by atoms with Gasteiger partial charge in [0.1, 0.15) is 0 Å².